The van der Waals surface area contributed by atoms with Crippen molar-refractivity contribution in [2.45, 2.75) is 33.3 Å². The van der Waals surface area contributed by atoms with Crippen molar-refractivity contribution in [3.8, 4) is 17.0 Å². The third-order valence-electron chi connectivity index (χ3n) is 5.36. The van der Waals surface area contributed by atoms with E-state index in [4.69, 9.17) is 9.47 Å². The average molecular weight is 436 g/mol. The minimum Gasteiger partial charge on any atom is -0.496 e. The highest BCUT2D eigenvalue weighted by atomic mass is 16.6. The molecule has 1 aliphatic rings. The fraction of sp³-hybridized carbons (Fsp3) is 0.417. The van der Waals surface area contributed by atoms with Crippen molar-refractivity contribution < 1.29 is 14.3 Å². The lowest BCUT2D eigenvalue weighted by Crippen LogP contribution is -2.50. The zero-order valence-corrected chi connectivity index (χ0v) is 19.3. The lowest BCUT2D eigenvalue weighted by Gasteiger charge is -2.35. The Morgan fingerprint density at radius 3 is 2.38 bits per heavy atom. The van der Waals surface area contributed by atoms with E-state index in [9.17, 15) is 4.79 Å². The van der Waals surface area contributed by atoms with Gasteiger partial charge in [0.2, 0.25) is 0 Å². The van der Waals surface area contributed by atoms with E-state index < -0.39 is 5.60 Å². The molecule has 0 N–H and O–H groups in total. The summed E-state index contributed by atoms with van der Waals surface area (Å²) < 4.78 is 11.1. The second-order valence-corrected chi connectivity index (χ2v) is 8.96. The molecule has 1 saturated heterocycles. The van der Waals surface area contributed by atoms with Crippen LogP contribution in [0.4, 0.5) is 10.6 Å². The van der Waals surface area contributed by atoms with Gasteiger partial charge in [-0.1, -0.05) is 0 Å². The van der Waals surface area contributed by atoms with E-state index in [-0.39, 0.29) is 6.09 Å². The topological polar surface area (TPSA) is 80.7 Å². The van der Waals surface area contributed by atoms with Gasteiger partial charge in [0.25, 0.3) is 0 Å². The number of methoxy groups -OCH3 is 1. The second-order valence-electron chi connectivity index (χ2n) is 8.96. The summed E-state index contributed by atoms with van der Waals surface area (Å²) in [5.74, 6) is 1.53. The van der Waals surface area contributed by atoms with Gasteiger partial charge in [0.05, 0.1) is 12.8 Å². The van der Waals surface area contributed by atoms with Gasteiger partial charge in [-0.15, -0.1) is 10.2 Å². The molecule has 1 aliphatic heterocycles. The van der Waals surface area contributed by atoms with Crippen LogP contribution in [0.15, 0.2) is 36.5 Å². The minimum absolute atomic E-state index is 0.272. The molecule has 32 heavy (non-hydrogen) atoms. The molecule has 0 spiro atoms. The lowest BCUT2D eigenvalue weighted by atomic mass is 10.0. The van der Waals surface area contributed by atoms with Gasteiger partial charge in [-0.3, -0.25) is 4.98 Å². The maximum atomic E-state index is 12.3. The quantitative estimate of drug-likeness (QED) is 0.613. The molecular weight excluding hydrogens is 406 g/mol. The zero-order valence-electron chi connectivity index (χ0n) is 19.3. The summed E-state index contributed by atoms with van der Waals surface area (Å²) in [7, 11) is 1.66. The van der Waals surface area contributed by atoms with Crippen LogP contribution in [-0.2, 0) is 4.74 Å². The van der Waals surface area contributed by atoms with E-state index in [0.717, 1.165) is 39.3 Å². The van der Waals surface area contributed by atoms with Crippen LogP contribution in [0.1, 0.15) is 26.5 Å². The van der Waals surface area contributed by atoms with Gasteiger partial charge < -0.3 is 19.3 Å². The fourth-order valence-electron chi connectivity index (χ4n) is 3.73. The first-order chi connectivity index (χ1) is 15.2. The van der Waals surface area contributed by atoms with Crippen LogP contribution >= 0.6 is 0 Å². The molecular formula is C24H29N5O3. The summed E-state index contributed by atoms with van der Waals surface area (Å²) in [6.07, 6.45) is 1.59. The van der Waals surface area contributed by atoms with Gasteiger partial charge in [0, 0.05) is 49.0 Å². The maximum absolute atomic E-state index is 12.3. The number of hydrogen-bond donors (Lipinski definition) is 0. The van der Waals surface area contributed by atoms with E-state index in [1.54, 1.807) is 12.0 Å². The minimum atomic E-state index is -0.492. The van der Waals surface area contributed by atoms with Crippen LogP contribution in [0.25, 0.3) is 22.0 Å². The number of benzene rings is 1. The Bertz CT molecular complexity index is 1120. The number of amides is 1. The summed E-state index contributed by atoms with van der Waals surface area (Å²) in [5.41, 5.74) is 2.08. The molecule has 3 heterocycles. The molecule has 168 valence electrons. The van der Waals surface area contributed by atoms with Crippen molar-refractivity contribution in [2.75, 3.05) is 38.2 Å². The number of pyridine rings is 1. The first kappa shape index (κ1) is 21.8. The van der Waals surface area contributed by atoms with E-state index >= 15 is 0 Å². The molecule has 8 heteroatoms. The summed E-state index contributed by atoms with van der Waals surface area (Å²) in [6.45, 7) is 10.1. The number of aryl methyl sites for hydroxylation is 1. The summed E-state index contributed by atoms with van der Waals surface area (Å²) in [5, 5.41) is 11.0. The van der Waals surface area contributed by atoms with Gasteiger partial charge in [-0.25, -0.2) is 4.79 Å². The maximum Gasteiger partial charge on any atom is 0.410 e. The van der Waals surface area contributed by atoms with E-state index in [0.29, 0.717) is 26.2 Å². The number of anilines is 1. The highest BCUT2D eigenvalue weighted by Crippen LogP contribution is 2.33. The molecule has 1 fully saturated rings. The fourth-order valence-corrected chi connectivity index (χ4v) is 3.73. The van der Waals surface area contributed by atoms with Crippen LogP contribution in [0.3, 0.4) is 0 Å². The van der Waals surface area contributed by atoms with E-state index in [1.807, 2.05) is 64.2 Å². The van der Waals surface area contributed by atoms with Gasteiger partial charge in [-0.2, -0.15) is 0 Å². The van der Waals surface area contributed by atoms with Crippen LogP contribution in [0, 0.1) is 6.92 Å². The molecule has 0 aliphatic carbocycles. The molecule has 3 aromatic rings. The van der Waals surface area contributed by atoms with Crippen LogP contribution in [0.5, 0.6) is 5.75 Å². The second kappa shape index (κ2) is 8.61. The Labute approximate surface area is 188 Å². The molecule has 0 radical (unpaired) electrons. The number of piperazine rings is 1. The number of nitrogens with zero attached hydrogens (tertiary/aromatic N) is 5. The average Bonchev–Trinajstić information content (AvgIpc) is 2.77. The third kappa shape index (κ3) is 4.74. The van der Waals surface area contributed by atoms with Gasteiger partial charge >= 0.3 is 6.09 Å². The molecule has 0 atom stereocenters. The summed E-state index contributed by atoms with van der Waals surface area (Å²) >= 11 is 0. The van der Waals surface area contributed by atoms with Crippen LogP contribution < -0.4 is 9.64 Å². The highest BCUT2D eigenvalue weighted by Gasteiger charge is 2.26. The van der Waals surface area contributed by atoms with Crippen molar-refractivity contribution in [3.05, 3.63) is 42.2 Å². The number of rotatable bonds is 3. The van der Waals surface area contributed by atoms with Gasteiger partial charge in [0.15, 0.2) is 5.82 Å². The molecule has 0 saturated carbocycles. The molecule has 0 unspecified atom stereocenters. The Morgan fingerprint density at radius 1 is 1.00 bits per heavy atom. The Kier molecular flexibility index (Phi) is 5.86. The highest BCUT2D eigenvalue weighted by molar-refractivity contribution is 5.89. The molecule has 0 bridgehead atoms. The molecule has 4 rings (SSSR count). The number of fused-ring (bicyclic) bond motifs is 1. The Hall–Kier alpha value is -3.42. The van der Waals surface area contributed by atoms with Gasteiger partial charge in [-0.05, 0) is 63.4 Å². The van der Waals surface area contributed by atoms with Crippen molar-refractivity contribution >= 4 is 22.7 Å². The first-order valence-corrected chi connectivity index (χ1v) is 10.7. The summed E-state index contributed by atoms with van der Waals surface area (Å²) in [6, 6.07) is 9.98. The van der Waals surface area contributed by atoms with E-state index in [2.05, 4.69) is 20.1 Å². The van der Waals surface area contributed by atoms with Crippen molar-refractivity contribution in [2.24, 2.45) is 0 Å². The largest absolute Gasteiger partial charge is 0.496 e. The molecule has 1 amide bonds. The standard InChI is InChI=1S/C24H29N5O3/c1-16-12-17-14-21(31-5)19(13-18(17)15-25-16)20-6-7-22(27-26-20)28-8-10-29(11-9-28)23(30)32-24(2,3)4/h6-7,12-15H,8-11H2,1-5H3. The third-order valence-corrected chi connectivity index (χ3v) is 5.36. The number of hydrogen-bond acceptors (Lipinski definition) is 7. The number of ether oxygens (including phenoxy) is 2. The predicted molar refractivity (Wildman–Crippen MR) is 124 cm³/mol. The zero-order chi connectivity index (χ0) is 22.9. The first-order valence-electron chi connectivity index (χ1n) is 10.7. The van der Waals surface area contributed by atoms with Crippen molar-refractivity contribution in [1.29, 1.82) is 0 Å². The molecule has 2 aromatic heterocycles. The Balaban J connectivity index is 1.48. The lowest BCUT2D eigenvalue weighted by molar-refractivity contribution is 0.0240. The van der Waals surface area contributed by atoms with E-state index in [1.165, 1.54) is 0 Å². The van der Waals surface area contributed by atoms with Crippen molar-refractivity contribution in [3.63, 3.8) is 0 Å². The summed E-state index contributed by atoms with van der Waals surface area (Å²) in [4.78, 5) is 20.5. The Morgan fingerprint density at radius 2 is 1.75 bits per heavy atom. The number of aromatic nitrogens is 3. The van der Waals surface area contributed by atoms with Gasteiger partial charge in [0.1, 0.15) is 11.4 Å². The predicted octanol–water partition coefficient (Wildman–Crippen LogP) is 4.07. The molecule has 8 nitrogen and oxygen atoms in total. The smallest absolute Gasteiger partial charge is 0.410 e. The number of carbonyl (C=O) groups excluding carboxylic acids is 1. The monoisotopic (exact) mass is 435 g/mol. The van der Waals surface area contributed by atoms with Crippen LogP contribution in [-0.4, -0.2) is 65.1 Å². The number of carbonyl (C=O) groups is 1. The van der Waals surface area contributed by atoms with Crippen molar-refractivity contribution in [1.82, 2.24) is 20.1 Å². The molecule has 1 aromatic carbocycles. The SMILES string of the molecule is COc1cc2cc(C)ncc2cc1-c1ccc(N2CCN(C(=O)OC(C)(C)C)CC2)nn1. The normalized spacial score (nSPS) is 14.5. The van der Waals surface area contributed by atoms with Crippen LogP contribution in [0.2, 0.25) is 0 Å².